The molecule has 0 bridgehead atoms. The molecule has 2 N–H and O–H groups in total. The maximum absolute atomic E-state index is 14.5. The fourth-order valence-electron chi connectivity index (χ4n) is 4.26. The van der Waals surface area contributed by atoms with Gasteiger partial charge in [-0.25, -0.2) is 27.8 Å². The minimum Gasteiger partial charge on any atom is -0.367 e. The minimum atomic E-state index is -3.56. The average molecular weight is 527 g/mol. The summed E-state index contributed by atoms with van der Waals surface area (Å²) >= 11 is 6.08. The molecule has 1 unspecified atom stereocenters. The number of aromatic amines is 1. The van der Waals surface area contributed by atoms with Gasteiger partial charge in [0.2, 0.25) is 10.0 Å². The van der Waals surface area contributed by atoms with E-state index < -0.39 is 15.8 Å². The number of nitrogens with one attached hydrogen (secondary N) is 2. The SMILES string of the molecule is O=S(=O)(C=Cc1ccccc1)N1CCCC(CNc2nc(-c3c[nH]c4ncc(Cl)cc34)ncc2F)C1. The van der Waals surface area contributed by atoms with Crippen molar-refractivity contribution < 1.29 is 12.8 Å². The molecule has 3 aromatic heterocycles. The lowest BCUT2D eigenvalue weighted by molar-refractivity contribution is 0.277. The van der Waals surface area contributed by atoms with Crippen LogP contribution in [0.4, 0.5) is 10.2 Å². The highest BCUT2D eigenvalue weighted by Gasteiger charge is 2.27. The number of nitrogens with zero attached hydrogens (tertiary/aromatic N) is 4. The van der Waals surface area contributed by atoms with Gasteiger partial charge >= 0.3 is 0 Å². The molecule has 1 aliphatic rings. The molecule has 36 heavy (non-hydrogen) atoms. The maximum atomic E-state index is 14.5. The molecular formula is C25H24ClFN6O2S. The second kappa shape index (κ2) is 10.3. The number of piperidine rings is 1. The number of pyridine rings is 1. The van der Waals surface area contributed by atoms with E-state index >= 15 is 0 Å². The van der Waals surface area contributed by atoms with Gasteiger partial charge in [-0.15, -0.1) is 0 Å². The third kappa shape index (κ3) is 5.40. The Bertz CT molecular complexity index is 1510. The van der Waals surface area contributed by atoms with Crippen LogP contribution in [0.1, 0.15) is 18.4 Å². The van der Waals surface area contributed by atoms with Gasteiger partial charge in [0.05, 0.1) is 11.2 Å². The summed E-state index contributed by atoms with van der Waals surface area (Å²) in [7, 11) is -3.56. The van der Waals surface area contributed by atoms with Crippen molar-refractivity contribution in [1.29, 1.82) is 0 Å². The highest BCUT2D eigenvalue weighted by molar-refractivity contribution is 7.92. The molecule has 0 saturated carbocycles. The Morgan fingerprint density at radius 2 is 2.06 bits per heavy atom. The first kappa shape index (κ1) is 24.4. The van der Waals surface area contributed by atoms with E-state index in [-0.39, 0.29) is 11.7 Å². The number of aromatic nitrogens is 4. The number of rotatable bonds is 7. The summed E-state index contributed by atoms with van der Waals surface area (Å²) in [5.41, 5.74) is 2.10. The number of anilines is 1. The standard InChI is InChI=1S/C25H24ClFN6O2S/c26-19-11-20-21(14-30-23(20)29-13-19)24-31-15-22(27)25(32-24)28-12-18-7-4-9-33(16-18)36(34,35)10-8-17-5-2-1-3-6-17/h1-3,5-6,8,10-11,13-15,18H,4,7,9,12,16H2,(H,29,30)(H,28,31,32). The topological polar surface area (TPSA) is 104 Å². The predicted octanol–water partition coefficient (Wildman–Crippen LogP) is 4.94. The molecule has 0 aliphatic carbocycles. The van der Waals surface area contributed by atoms with E-state index in [1.165, 1.54) is 15.9 Å². The molecule has 4 aromatic rings. The van der Waals surface area contributed by atoms with Crippen LogP contribution in [-0.4, -0.2) is 52.3 Å². The van der Waals surface area contributed by atoms with Crippen LogP contribution in [0, 0.1) is 11.7 Å². The van der Waals surface area contributed by atoms with Crippen molar-refractivity contribution in [3.8, 4) is 11.4 Å². The number of hydrogen-bond donors (Lipinski definition) is 2. The quantitative estimate of drug-likeness (QED) is 0.353. The van der Waals surface area contributed by atoms with Crippen molar-refractivity contribution in [3.63, 3.8) is 0 Å². The lowest BCUT2D eigenvalue weighted by Gasteiger charge is -2.31. The number of hydrogen-bond acceptors (Lipinski definition) is 6. The zero-order valence-corrected chi connectivity index (χ0v) is 20.8. The number of fused-ring (bicyclic) bond motifs is 1. The Balaban J connectivity index is 1.27. The largest absolute Gasteiger partial charge is 0.367 e. The highest BCUT2D eigenvalue weighted by atomic mass is 35.5. The van der Waals surface area contributed by atoms with Gasteiger partial charge in [0, 0.05) is 48.4 Å². The van der Waals surface area contributed by atoms with Gasteiger partial charge in [0.15, 0.2) is 17.5 Å². The molecule has 5 rings (SSSR count). The molecule has 0 radical (unpaired) electrons. The summed E-state index contributed by atoms with van der Waals surface area (Å²) in [5.74, 6) is -0.185. The summed E-state index contributed by atoms with van der Waals surface area (Å²) in [6.07, 6.45) is 7.51. The summed E-state index contributed by atoms with van der Waals surface area (Å²) in [4.78, 5) is 15.8. The van der Waals surface area contributed by atoms with Gasteiger partial charge in [-0.1, -0.05) is 41.9 Å². The van der Waals surface area contributed by atoms with E-state index in [0.717, 1.165) is 30.0 Å². The van der Waals surface area contributed by atoms with E-state index in [4.69, 9.17) is 11.6 Å². The first-order chi connectivity index (χ1) is 17.4. The molecule has 11 heteroatoms. The number of halogens is 2. The van der Waals surface area contributed by atoms with Crippen LogP contribution in [0.5, 0.6) is 0 Å². The summed E-state index contributed by atoms with van der Waals surface area (Å²) < 4.78 is 41.7. The van der Waals surface area contributed by atoms with Gasteiger partial charge in [-0.05, 0) is 36.5 Å². The molecule has 1 saturated heterocycles. The van der Waals surface area contributed by atoms with Crippen LogP contribution in [0.2, 0.25) is 5.02 Å². The molecule has 4 heterocycles. The molecular weight excluding hydrogens is 503 g/mol. The Morgan fingerprint density at radius 1 is 1.22 bits per heavy atom. The van der Waals surface area contributed by atoms with E-state index in [1.54, 1.807) is 18.3 Å². The average Bonchev–Trinajstić information content (AvgIpc) is 3.31. The number of H-pyrrole nitrogens is 1. The van der Waals surface area contributed by atoms with Crippen molar-refractivity contribution in [3.05, 3.63) is 76.8 Å². The van der Waals surface area contributed by atoms with Crippen molar-refractivity contribution in [1.82, 2.24) is 24.2 Å². The first-order valence-electron chi connectivity index (χ1n) is 11.5. The second-order valence-corrected chi connectivity index (χ2v) is 10.9. The zero-order chi connectivity index (χ0) is 25.1. The van der Waals surface area contributed by atoms with Gasteiger partial charge in [0.1, 0.15) is 5.65 Å². The van der Waals surface area contributed by atoms with Crippen LogP contribution in [-0.2, 0) is 10.0 Å². The normalized spacial score (nSPS) is 17.1. The zero-order valence-electron chi connectivity index (χ0n) is 19.2. The van der Waals surface area contributed by atoms with E-state index in [9.17, 15) is 12.8 Å². The number of sulfonamides is 1. The van der Waals surface area contributed by atoms with Crippen LogP contribution in [0.25, 0.3) is 28.5 Å². The molecule has 8 nitrogen and oxygen atoms in total. The smallest absolute Gasteiger partial charge is 0.236 e. The lowest BCUT2D eigenvalue weighted by Crippen LogP contribution is -2.41. The molecule has 0 amide bonds. The second-order valence-electron chi connectivity index (χ2n) is 8.65. The van der Waals surface area contributed by atoms with Gasteiger partial charge in [0.25, 0.3) is 0 Å². The fraction of sp³-hybridized carbons (Fsp3) is 0.240. The lowest BCUT2D eigenvalue weighted by atomic mass is 10.00. The monoisotopic (exact) mass is 526 g/mol. The molecule has 0 spiro atoms. The summed E-state index contributed by atoms with van der Waals surface area (Å²) in [5, 5.41) is 5.51. The van der Waals surface area contributed by atoms with Gasteiger partial charge < -0.3 is 10.3 Å². The van der Waals surface area contributed by atoms with Crippen LogP contribution in [0.3, 0.4) is 0 Å². The Kier molecular flexibility index (Phi) is 6.99. The molecule has 1 aliphatic heterocycles. The van der Waals surface area contributed by atoms with Crippen molar-refractivity contribution in [2.24, 2.45) is 5.92 Å². The number of benzene rings is 1. The Morgan fingerprint density at radius 3 is 2.89 bits per heavy atom. The highest BCUT2D eigenvalue weighted by Crippen LogP contribution is 2.28. The van der Waals surface area contributed by atoms with Gasteiger partial charge in [-0.2, -0.15) is 4.31 Å². The minimum absolute atomic E-state index is 0.00700. The summed E-state index contributed by atoms with van der Waals surface area (Å²) in [6, 6.07) is 11.0. The Hall–Kier alpha value is -3.34. The van der Waals surface area contributed by atoms with Crippen LogP contribution in [0.15, 0.2) is 60.4 Å². The van der Waals surface area contributed by atoms with E-state index in [0.29, 0.717) is 41.7 Å². The molecule has 1 aromatic carbocycles. The predicted molar refractivity (Wildman–Crippen MR) is 139 cm³/mol. The third-order valence-corrected chi connectivity index (χ3v) is 7.85. The van der Waals surface area contributed by atoms with Crippen molar-refractivity contribution >= 4 is 44.6 Å². The molecule has 1 fully saturated rings. The Labute approximate surface area is 213 Å². The van der Waals surface area contributed by atoms with E-state index in [1.807, 2.05) is 30.3 Å². The van der Waals surface area contributed by atoms with Crippen LogP contribution < -0.4 is 5.32 Å². The van der Waals surface area contributed by atoms with Gasteiger partial charge in [-0.3, -0.25) is 0 Å². The van der Waals surface area contributed by atoms with E-state index in [2.05, 4.69) is 25.3 Å². The van der Waals surface area contributed by atoms with Crippen molar-refractivity contribution in [2.75, 3.05) is 25.0 Å². The summed E-state index contributed by atoms with van der Waals surface area (Å²) in [6.45, 7) is 1.19. The molecule has 186 valence electrons. The molecule has 1 atom stereocenters. The van der Waals surface area contributed by atoms with Crippen molar-refractivity contribution in [2.45, 2.75) is 12.8 Å². The maximum Gasteiger partial charge on any atom is 0.236 e. The first-order valence-corrected chi connectivity index (χ1v) is 13.4. The fourth-order valence-corrected chi connectivity index (χ4v) is 5.73. The third-order valence-electron chi connectivity index (χ3n) is 6.11. The van der Waals surface area contributed by atoms with Crippen LogP contribution >= 0.6 is 11.6 Å².